The second-order valence-corrected chi connectivity index (χ2v) is 5.80. The molecule has 1 aromatic carbocycles. The van der Waals surface area contributed by atoms with Gasteiger partial charge in [0.15, 0.2) is 0 Å². The third-order valence-corrected chi connectivity index (χ3v) is 4.40. The van der Waals surface area contributed by atoms with Crippen LogP contribution in [-0.2, 0) is 6.18 Å². The number of rotatable bonds is 3. The fourth-order valence-corrected chi connectivity index (χ4v) is 3.07. The Morgan fingerprint density at radius 3 is 2.60 bits per heavy atom. The van der Waals surface area contributed by atoms with Crippen molar-refractivity contribution < 1.29 is 13.2 Å². The van der Waals surface area contributed by atoms with Crippen LogP contribution in [0.1, 0.15) is 44.6 Å². The first-order valence-electron chi connectivity index (χ1n) is 7.05. The van der Waals surface area contributed by atoms with Crippen LogP contribution >= 0.6 is 11.6 Å². The molecule has 0 aromatic heterocycles. The Balaban J connectivity index is 2.19. The molecular weight excluding hydrogens is 287 g/mol. The molecule has 2 atom stereocenters. The summed E-state index contributed by atoms with van der Waals surface area (Å²) in [7, 11) is 0. The van der Waals surface area contributed by atoms with Gasteiger partial charge in [-0.3, -0.25) is 0 Å². The normalized spacial score (nSPS) is 23.6. The third kappa shape index (κ3) is 3.60. The van der Waals surface area contributed by atoms with E-state index in [0.29, 0.717) is 16.6 Å². The van der Waals surface area contributed by atoms with Gasteiger partial charge >= 0.3 is 6.18 Å². The number of benzene rings is 1. The van der Waals surface area contributed by atoms with Crippen molar-refractivity contribution in [3.8, 4) is 0 Å². The van der Waals surface area contributed by atoms with Crippen LogP contribution in [0.5, 0.6) is 0 Å². The summed E-state index contributed by atoms with van der Waals surface area (Å²) in [5.41, 5.74) is -0.264. The topological polar surface area (TPSA) is 12.0 Å². The summed E-state index contributed by atoms with van der Waals surface area (Å²) >= 11 is 6.03. The molecule has 1 aliphatic rings. The van der Waals surface area contributed by atoms with Gasteiger partial charge in [0.2, 0.25) is 0 Å². The lowest BCUT2D eigenvalue weighted by molar-refractivity contribution is -0.137. The maximum atomic E-state index is 12.8. The highest BCUT2D eigenvalue weighted by atomic mass is 35.5. The van der Waals surface area contributed by atoms with Gasteiger partial charge < -0.3 is 5.32 Å². The van der Waals surface area contributed by atoms with Crippen molar-refractivity contribution in [2.75, 3.05) is 5.32 Å². The van der Waals surface area contributed by atoms with Crippen LogP contribution in [0.4, 0.5) is 18.9 Å². The van der Waals surface area contributed by atoms with Crippen LogP contribution in [0.15, 0.2) is 18.2 Å². The first kappa shape index (κ1) is 15.5. The fraction of sp³-hybridized carbons (Fsp3) is 0.600. The van der Waals surface area contributed by atoms with Crippen molar-refractivity contribution >= 4 is 17.3 Å². The molecule has 1 aliphatic carbocycles. The molecule has 112 valence electrons. The lowest BCUT2D eigenvalue weighted by Crippen LogP contribution is -2.32. The predicted octanol–water partition coefficient (Wildman–Crippen LogP) is 5.74. The van der Waals surface area contributed by atoms with Gasteiger partial charge in [0.05, 0.1) is 16.3 Å². The number of halogens is 4. The zero-order chi connectivity index (χ0) is 14.8. The standard InChI is InChI=1S/C15H19ClF3N/c1-2-10-5-3-4-6-13(10)20-14-9-11(15(17,18)19)7-8-12(14)16/h7-10,13,20H,2-6H2,1H3. The summed E-state index contributed by atoms with van der Waals surface area (Å²) in [6.07, 6.45) is 1.14. The van der Waals surface area contributed by atoms with Crippen LogP contribution in [0.25, 0.3) is 0 Å². The van der Waals surface area contributed by atoms with Crippen LogP contribution in [0.2, 0.25) is 5.02 Å². The fourth-order valence-electron chi connectivity index (χ4n) is 2.90. The highest BCUT2D eigenvalue weighted by molar-refractivity contribution is 6.33. The van der Waals surface area contributed by atoms with Crippen molar-refractivity contribution in [3.05, 3.63) is 28.8 Å². The van der Waals surface area contributed by atoms with Gasteiger partial charge in [-0.15, -0.1) is 0 Å². The van der Waals surface area contributed by atoms with E-state index in [-0.39, 0.29) is 6.04 Å². The van der Waals surface area contributed by atoms with E-state index in [1.165, 1.54) is 12.5 Å². The molecule has 0 saturated heterocycles. The minimum absolute atomic E-state index is 0.217. The van der Waals surface area contributed by atoms with Crippen LogP contribution in [0, 0.1) is 5.92 Å². The van der Waals surface area contributed by atoms with Crippen LogP contribution < -0.4 is 5.32 Å². The van der Waals surface area contributed by atoms with E-state index in [9.17, 15) is 13.2 Å². The molecular formula is C15H19ClF3N. The van der Waals surface area contributed by atoms with Gasteiger partial charge in [-0.2, -0.15) is 13.2 Å². The van der Waals surface area contributed by atoms with Crippen molar-refractivity contribution in [2.24, 2.45) is 5.92 Å². The zero-order valence-electron chi connectivity index (χ0n) is 11.4. The second kappa shape index (κ2) is 6.25. The zero-order valence-corrected chi connectivity index (χ0v) is 12.2. The van der Waals surface area contributed by atoms with E-state index in [4.69, 9.17) is 11.6 Å². The minimum atomic E-state index is -4.34. The first-order chi connectivity index (χ1) is 9.41. The van der Waals surface area contributed by atoms with Gasteiger partial charge in [-0.05, 0) is 37.0 Å². The van der Waals surface area contributed by atoms with Crippen molar-refractivity contribution in [1.29, 1.82) is 0 Å². The monoisotopic (exact) mass is 305 g/mol. The number of hydrogen-bond donors (Lipinski definition) is 1. The average molecular weight is 306 g/mol. The average Bonchev–Trinajstić information content (AvgIpc) is 2.40. The SMILES string of the molecule is CCC1CCCCC1Nc1cc(C(F)(F)F)ccc1Cl. The van der Waals surface area contributed by atoms with Gasteiger partial charge in [0.25, 0.3) is 0 Å². The molecule has 2 unspecified atom stereocenters. The molecule has 0 aliphatic heterocycles. The Kier molecular flexibility index (Phi) is 4.84. The van der Waals surface area contributed by atoms with E-state index >= 15 is 0 Å². The summed E-state index contributed by atoms with van der Waals surface area (Å²) in [6, 6.07) is 3.67. The Bertz CT molecular complexity index is 459. The molecule has 1 saturated carbocycles. The molecule has 20 heavy (non-hydrogen) atoms. The second-order valence-electron chi connectivity index (χ2n) is 5.40. The smallest absolute Gasteiger partial charge is 0.381 e. The van der Waals surface area contributed by atoms with E-state index in [1.807, 2.05) is 0 Å². The number of anilines is 1. The summed E-state index contributed by atoms with van der Waals surface area (Å²) in [6.45, 7) is 2.12. The van der Waals surface area contributed by atoms with E-state index < -0.39 is 11.7 Å². The van der Waals surface area contributed by atoms with E-state index in [0.717, 1.165) is 37.8 Å². The highest BCUT2D eigenvalue weighted by Crippen LogP contribution is 2.36. The molecule has 1 N–H and O–H groups in total. The quantitative estimate of drug-likeness (QED) is 0.751. The number of alkyl halides is 3. The summed E-state index contributed by atoms with van der Waals surface area (Å²) < 4.78 is 38.3. The van der Waals surface area contributed by atoms with Crippen molar-refractivity contribution in [2.45, 2.75) is 51.2 Å². The Morgan fingerprint density at radius 1 is 1.25 bits per heavy atom. The minimum Gasteiger partial charge on any atom is -0.381 e. The van der Waals surface area contributed by atoms with Crippen molar-refractivity contribution in [3.63, 3.8) is 0 Å². The van der Waals surface area contributed by atoms with E-state index in [1.54, 1.807) is 0 Å². The third-order valence-electron chi connectivity index (χ3n) is 4.07. The predicted molar refractivity (Wildman–Crippen MR) is 76.1 cm³/mol. The summed E-state index contributed by atoms with van der Waals surface area (Å²) in [4.78, 5) is 0. The number of hydrogen-bond acceptors (Lipinski definition) is 1. The summed E-state index contributed by atoms with van der Waals surface area (Å²) in [5.74, 6) is 0.509. The molecule has 2 rings (SSSR count). The number of nitrogens with one attached hydrogen (secondary N) is 1. The molecule has 0 radical (unpaired) electrons. The lowest BCUT2D eigenvalue weighted by atomic mass is 9.83. The lowest BCUT2D eigenvalue weighted by Gasteiger charge is -2.32. The van der Waals surface area contributed by atoms with Crippen LogP contribution in [-0.4, -0.2) is 6.04 Å². The maximum Gasteiger partial charge on any atom is 0.416 e. The molecule has 5 heteroatoms. The van der Waals surface area contributed by atoms with Gasteiger partial charge in [0.1, 0.15) is 0 Å². The molecule has 0 spiro atoms. The summed E-state index contributed by atoms with van der Waals surface area (Å²) in [5, 5.41) is 3.58. The molecule has 0 heterocycles. The van der Waals surface area contributed by atoms with Gasteiger partial charge in [0, 0.05) is 6.04 Å². The molecule has 1 fully saturated rings. The maximum absolute atomic E-state index is 12.8. The molecule has 1 nitrogen and oxygen atoms in total. The molecule has 0 bridgehead atoms. The molecule has 0 amide bonds. The highest BCUT2D eigenvalue weighted by Gasteiger charge is 2.31. The van der Waals surface area contributed by atoms with E-state index in [2.05, 4.69) is 12.2 Å². The Morgan fingerprint density at radius 2 is 1.95 bits per heavy atom. The molecule has 1 aromatic rings. The Labute approximate surface area is 122 Å². The first-order valence-corrected chi connectivity index (χ1v) is 7.43. The van der Waals surface area contributed by atoms with Gasteiger partial charge in [-0.25, -0.2) is 0 Å². The van der Waals surface area contributed by atoms with Gasteiger partial charge in [-0.1, -0.05) is 37.8 Å². The van der Waals surface area contributed by atoms with Crippen LogP contribution in [0.3, 0.4) is 0 Å². The Hall–Kier alpha value is -0.900. The van der Waals surface area contributed by atoms with Crippen molar-refractivity contribution in [1.82, 2.24) is 0 Å². The largest absolute Gasteiger partial charge is 0.416 e.